The molecule has 2 heterocycles. The molecule has 0 bridgehead atoms. The predicted molar refractivity (Wildman–Crippen MR) is 77.0 cm³/mol. The standard InChI is InChI=1S/C15H22N4O/c1-11(2)6-13(9-16)8-15-18-14(19-20-15)7-12-4-3-5-17-10-12/h3-5,10-11,13H,6-9,16H2,1-2H3/t13-/m0/s1. The van der Waals surface area contributed by atoms with E-state index in [2.05, 4.69) is 29.0 Å². The smallest absolute Gasteiger partial charge is 0.226 e. The van der Waals surface area contributed by atoms with Gasteiger partial charge in [-0.05, 0) is 36.4 Å². The van der Waals surface area contributed by atoms with Gasteiger partial charge in [-0.15, -0.1) is 0 Å². The minimum atomic E-state index is 0.404. The van der Waals surface area contributed by atoms with Gasteiger partial charge in [-0.25, -0.2) is 0 Å². The van der Waals surface area contributed by atoms with E-state index < -0.39 is 0 Å². The first-order chi connectivity index (χ1) is 9.67. The van der Waals surface area contributed by atoms with Crippen molar-refractivity contribution < 1.29 is 4.52 Å². The topological polar surface area (TPSA) is 77.8 Å². The summed E-state index contributed by atoms with van der Waals surface area (Å²) >= 11 is 0. The molecule has 2 N–H and O–H groups in total. The molecule has 0 unspecified atom stereocenters. The van der Waals surface area contributed by atoms with Crippen LogP contribution in [0.25, 0.3) is 0 Å². The second-order valence-corrected chi connectivity index (χ2v) is 5.58. The van der Waals surface area contributed by atoms with Crippen molar-refractivity contribution in [2.45, 2.75) is 33.1 Å². The molecule has 0 aliphatic heterocycles. The van der Waals surface area contributed by atoms with Gasteiger partial charge in [0.25, 0.3) is 0 Å². The Labute approximate surface area is 119 Å². The van der Waals surface area contributed by atoms with Crippen LogP contribution in [0.1, 0.15) is 37.5 Å². The highest BCUT2D eigenvalue weighted by atomic mass is 16.5. The van der Waals surface area contributed by atoms with E-state index in [1.165, 1.54) is 0 Å². The number of rotatable bonds is 7. The van der Waals surface area contributed by atoms with Crippen molar-refractivity contribution >= 4 is 0 Å². The lowest BCUT2D eigenvalue weighted by molar-refractivity contribution is 0.329. The second kappa shape index (κ2) is 7.14. The fraction of sp³-hybridized carbons (Fsp3) is 0.533. The highest BCUT2D eigenvalue weighted by Crippen LogP contribution is 2.16. The summed E-state index contributed by atoms with van der Waals surface area (Å²) in [7, 11) is 0. The molecule has 0 aliphatic carbocycles. The van der Waals surface area contributed by atoms with Gasteiger partial charge < -0.3 is 10.3 Å². The first-order valence-electron chi connectivity index (χ1n) is 7.07. The van der Waals surface area contributed by atoms with Crippen LogP contribution in [0.4, 0.5) is 0 Å². The summed E-state index contributed by atoms with van der Waals surface area (Å²) in [6.45, 7) is 5.05. The highest BCUT2D eigenvalue weighted by molar-refractivity contribution is 5.13. The van der Waals surface area contributed by atoms with Crippen molar-refractivity contribution in [3.05, 3.63) is 41.8 Å². The molecule has 20 heavy (non-hydrogen) atoms. The van der Waals surface area contributed by atoms with Crippen molar-refractivity contribution in [3.63, 3.8) is 0 Å². The minimum absolute atomic E-state index is 0.404. The van der Waals surface area contributed by atoms with E-state index in [9.17, 15) is 0 Å². The van der Waals surface area contributed by atoms with E-state index in [1.54, 1.807) is 6.20 Å². The van der Waals surface area contributed by atoms with Gasteiger partial charge in [0.1, 0.15) is 0 Å². The van der Waals surface area contributed by atoms with E-state index in [4.69, 9.17) is 10.3 Å². The fourth-order valence-electron chi connectivity index (χ4n) is 2.31. The summed E-state index contributed by atoms with van der Waals surface area (Å²) in [6.07, 6.45) is 6.06. The Balaban J connectivity index is 1.95. The summed E-state index contributed by atoms with van der Waals surface area (Å²) in [5.41, 5.74) is 6.88. The number of aromatic nitrogens is 3. The van der Waals surface area contributed by atoms with E-state index in [1.807, 2.05) is 18.3 Å². The van der Waals surface area contributed by atoms with Crippen molar-refractivity contribution in [1.82, 2.24) is 15.1 Å². The molecule has 0 saturated heterocycles. The first-order valence-corrected chi connectivity index (χ1v) is 7.07. The lowest BCUT2D eigenvalue weighted by Crippen LogP contribution is -2.19. The third-order valence-electron chi connectivity index (χ3n) is 3.20. The number of nitrogens with zero attached hydrogens (tertiary/aromatic N) is 3. The molecule has 0 aromatic carbocycles. The molecule has 0 amide bonds. The van der Waals surface area contributed by atoms with Gasteiger partial charge in [0, 0.05) is 25.2 Å². The molecule has 5 heteroatoms. The summed E-state index contributed by atoms with van der Waals surface area (Å²) < 4.78 is 5.31. The van der Waals surface area contributed by atoms with E-state index in [0.717, 1.165) is 18.4 Å². The van der Waals surface area contributed by atoms with Crippen LogP contribution >= 0.6 is 0 Å². The Morgan fingerprint density at radius 2 is 2.20 bits per heavy atom. The number of hydrogen-bond donors (Lipinski definition) is 1. The SMILES string of the molecule is CC(C)C[C@H](CN)Cc1nc(Cc2cccnc2)no1. The Kier molecular flexibility index (Phi) is 5.24. The molecule has 0 radical (unpaired) electrons. The van der Waals surface area contributed by atoms with Gasteiger partial charge in [-0.2, -0.15) is 4.98 Å². The average Bonchev–Trinajstić information content (AvgIpc) is 2.86. The normalized spacial score (nSPS) is 12.8. The molecule has 108 valence electrons. The fourth-order valence-corrected chi connectivity index (χ4v) is 2.31. The predicted octanol–water partition coefficient (Wildman–Crippen LogP) is 2.22. The van der Waals surface area contributed by atoms with Crippen LogP contribution in [0.3, 0.4) is 0 Å². The van der Waals surface area contributed by atoms with Crippen molar-refractivity contribution in [2.24, 2.45) is 17.6 Å². The van der Waals surface area contributed by atoms with Crippen LogP contribution in [-0.2, 0) is 12.8 Å². The van der Waals surface area contributed by atoms with Crippen molar-refractivity contribution in [3.8, 4) is 0 Å². The largest absolute Gasteiger partial charge is 0.339 e. The number of pyridine rings is 1. The van der Waals surface area contributed by atoms with Crippen LogP contribution < -0.4 is 5.73 Å². The molecule has 2 rings (SSSR count). The summed E-state index contributed by atoms with van der Waals surface area (Å²) in [6, 6.07) is 3.91. The molecule has 0 spiro atoms. The molecule has 1 atom stereocenters. The minimum Gasteiger partial charge on any atom is -0.339 e. The van der Waals surface area contributed by atoms with Crippen LogP contribution in [0.2, 0.25) is 0 Å². The third-order valence-corrected chi connectivity index (χ3v) is 3.20. The summed E-state index contributed by atoms with van der Waals surface area (Å²) in [5.74, 6) is 2.41. The van der Waals surface area contributed by atoms with Crippen molar-refractivity contribution in [2.75, 3.05) is 6.54 Å². The highest BCUT2D eigenvalue weighted by Gasteiger charge is 2.15. The van der Waals surface area contributed by atoms with Gasteiger partial charge in [0.15, 0.2) is 5.82 Å². The monoisotopic (exact) mass is 274 g/mol. The zero-order valence-electron chi connectivity index (χ0n) is 12.1. The Morgan fingerprint density at radius 3 is 2.85 bits per heavy atom. The zero-order chi connectivity index (χ0) is 14.4. The van der Waals surface area contributed by atoms with Crippen LogP contribution in [0.5, 0.6) is 0 Å². The third kappa shape index (κ3) is 4.42. The number of hydrogen-bond acceptors (Lipinski definition) is 5. The summed E-state index contributed by atoms with van der Waals surface area (Å²) in [5, 5.41) is 4.02. The molecule has 0 saturated carbocycles. The van der Waals surface area contributed by atoms with Crippen molar-refractivity contribution in [1.29, 1.82) is 0 Å². The van der Waals surface area contributed by atoms with E-state index in [-0.39, 0.29) is 0 Å². The molecule has 2 aromatic rings. The van der Waals surface area contributed by atoms with Crippen LogP contribution in [0, 0.1) is 11.8 Å². The van der Waals surface area contributed by atoms with Crippen LogP contribution in [-0.4, -0.2) is 21.7 Å². The maximum atomic E-state index is 5.80. The van der Waals surface area contributed by atoms with Crippen LogP contribution in [0.15, 0.2) is 29.0 Å². The Bertz CT molecular complexity index is 510. The van der Waals surface area contributed by atoms with Gasteiger partial charge >= 0.3 is 0 Å². The quantitative estimate of drug-likeness (QED) is 0.837. The van der Waals surface area contributed by atoms with E-state index in [0.29, 0.717) is 36.5 Å². The number of nitrogens with two attached hydrogens (primary N) is 1. The lowest BCUT2D eigenvalue weighted by Gasteiger charge is -2.14. The van der Waals surface area contributed by atoms with Gasteiger partial charge in [0.2, 0.25) is 5.89 Å². The summed E-state index contributed by atoms with van der Waals surface area (Å²) in [4.78, 5) is 8.52. The van der Waals surface area contributed by atoms with Gasteiger partial charge in [-0.1, -0.05) is 25.1 Å². The molecule has 5 nitrogen and oxygen atoms in total. The average molecular weight is 274 g/mol. The lowest BCUT2D eigenvalue weighted by atomic mass is 9.94. The first kappa shape index (κ1) is 14.7. The van der Waals surface area contributed by atoms with E-state index >= 15 is 0 Å². The van der Waals surface area contributed by atoms with Gasteiger partial charge in [-0.3, -0.25) is 4.98 Å². The maximum Gasteiger partial charge on any atom is 0.226 e. The molecule has 0 fully saturated rings. The Morgan fingerprint density at radius 1 is 1.35 bits per heavy atom. The molecule has 0 aliphatic rings. The maximum absolute atomic E-state index is 5.80. The van der Waals surface area contributed by atoms with Gasteiger partial charge in [0.05, 0.1) is 0 Å². The zero-order valence-corrected chi connectivity index (χ0v) is 12.1. The molecular weight excluding hydrogens is 252 g/mol. The Hall–Kier alpha value is -1.75. The second-order valence-electron chi connectivity index (χ2n) is 5.58. The molecule has 2 aromatic heterocycles. The molecular formula is C15H22N4O.